The zero-order valence-electron chi connectivity index (χ0n) is 7.60. The molecule has 0 aliphatic carbocycles. The summed E-state index contributed by atoms with van der Waals surface area (Å²) in [6.07, 6.45) is 3.33. The lowest BCUT2D eigenvalue weighted by Crippen LogP contribution is -1.91. The average molecular weight is 207 g/mol. The van der Waals surface area contributed by atoms with E-state index in [0.29, 0.717) is 4.90 Å². The Hall–Kier alpha value is -1.26. The van der Waals surface area contributed by atoms with Crippen molar-refractivity contribution in [3.05, 3.63) is 36.2 Å². The van der Waals surface area contributed by atoms with Crippen molar-refractivity contribution in [2.45, 2.75) is 11.8 Å². The molecule has 0 bridgehead atoms. The minimum absolute atomic E-state index is 0.438. The van der Waals surface area contributed by atoms with Gasteiger partial charge in [-0.15, -0.1) is 0 Å². The van der Waals surface area contributed by atoms with E-state index in [9.17, 15) is 4.21 Å². The number of fused-ring (bicyclic) bond motifs is 1. The highest BCUT2D eigenvalue weighted by molar-refractivity contribution is 7.79. The maximum atomic E-state index is 11.0. The van der Waals surface area contributed by atoms with E-state index in [1.54, 1.807) is 24.5 Å². The van der Waals surface area contributed by atoms with Crippen molar-refractivity contribution < 1.29 is 8.76 Å². The molecule has 1 unspecified atom stereocenters. The Morgan fingerprint density at radius 2 is 2.07 bits per heavy atom. The van der Waals surface area contributed by atoms with Gasteiger partial charge in [0, 0.05) is 23.2 Å². The second kappa shape index (κ2) is 3.48. The molecular weight excluding hydrogens is 198 g/mol. The van der Waals surface area contributed by atoms with E-state index >= 15 is 0 Å². The highest BCUT2D eigenvalue weighted by atomic mass is 32.2. The first-order valence-corrected chi connectivity index (χ1v) is 5.25. The lowest BCUT2D eigenvalue weighted by Gasteiger charge is -2.04. The molecule has 14 heavy (non-hydrogen) atoms. The molecule has 1 aromatic carbocycles. The van der Waals surface area contributed by atoms with Crippen LogP contribution in [0.4, 0.5) is 0 Å². The van der Waals surface area contributed by atoms with Crippen LogP contribution in [-0.2, 0) is 11.1 Å². The number of pyridine rings is 1. The Kier molecular flexibility index (Phi) is 2.31. The molecule has 1 N–H and O–H groups in total. The molecule has 2 aromatic rings. The molecule has 0 aliphatic rings. The monoisotopic (exact) mass is 207 g/mol. The average Bonchev–Trinajstić information content (AvgIpc) is 2.18. The third kappa shape index (κ3) is 1.42. The van der Waals surface area contributed by atoms with E-state index in [0.717, 1.165) is 16.3 Å². The maximum absolute atomic E-state index is 11.0. The molecule has 3 nitrogen and oxygen atoms in total. The van der Waals surface area contributed by atoms with Crippen molar-refractivity contribution in [2.75, 3.05) is 0 Å². The van der Waals surface area contributed by atoms with Crippen molar-refractivity contribution in [1.29, 1.82) is 0 Å². The van der Waals surface area contributed by atoms with Gasteiger partial charge in [-0.1, -0.05) is 6.07 Å². The normalized spacial score (nSPS) is 13.0. The smallest absolute Gasteiger partial charge is 0.187 e. The summed E-state index contributed by atoms with van der Waals surface area (Å²) in [7, 11) is 0. The van der Waals surface area contributed by atoms with Crippen LogP contribution in [0.25, 0.3) is 10.8 Å². The Labute approximate surface area is 84.1 Å². The molecule has 72 valence electrons. The lowest BCUT2D eigenvalue weighted by molar-refractivity contribution is 0.565. The fourth-order valence-electron chi connectivity index (χ4n) is 1.46. The Morgan fingerprint density at radius 3 is 2.79 bits per heavy atom. The van der Waals surface area contributed by atoms with Gasteiger partial charge in [0.15, 0.2) is 11.1 Å². The van der Waals surface area contributed by atoms with Crippen LogP contribution in [0.3, 0.4) is 0 Å². The van der Waals surface area contributed by atoms with Gasteiger partial charge in [0.05, 0.1) is 4.90 Å². The van der Waals surface area contributed by atoms with E-state index in [-0.39, 0.29) is 0 Å². The van der Waals surface area contributed by atoms with E-state index < -0.39 is 11.1 Å². The van der Waals surface area contributed by atoms with Crippen LogP contribution in [0.5, 0.6) is 0 Å². The van der Waals surface area contributed by atoms with E-state index in [1.807, 2.05) is 13.0 Å². The van der Waals surface area contributed by atoms with Gasteiger partial charge in [0.1, 0.15) is 0 Å². The highest BCUT2D eigenvalue weighted by Crippen LogP contribution is 2.23. The van der Waals surface area contributed by atoms with Crippen LogP contribution in [0.2, 0.25) is 0 Å². The standard InChI is InChI=1S/C10H9NO2S/c1-7-2-3-10(14(12)13)8-4-5-11-6-9(7)8/h2-6H,1H3,(H,12,13). The van der Waals surface area contributed by atoms with Gasteiger partial charge in [-0.25, -0.2) is 4.21 Å². The topological polar surface area (TPSA) is 50.2 Å². The van der Waals surface area contributed by atoms with E-state index in [4.69, 9.17) is 4.55 Å². The molecule has 0 aliphatic heterocycles. The lowest BCUT2D eigenvalue weighted by atomic mass is 10.1. The van der Waals surface area contributed by atoms with Gasteiger partial charge < -0.3 is 4.55 Å². The van der Waals surface area contributed by atoms with Crippen molar-refractivity contribution in [2.24, 2.45) is 0 Å². The number of nitrogens with zero attached hydrogens (tertiary/aromatic N) is 1. The SMILES string of the molecule is Cc1ccc(S(=O)O)c2ccncc12. The molecular formula is C10H9NO2S. The van der Waals surface area contributed by atoms with Crippen molar-refractivity contribution in [3.8, 4) is 0 Å². The van der Waals surface area contributed by atoms with Crippen molar-refractivity contribution in [3.63, 3.8) is 0 Å². The van der Waals surface area contributed by atoms with Crippen LogP contribution in [0.15, 0.2) is 35.5 Å². The third-order valence-electron chi connectivity index (χ3n) is 2.18. The van der Waals surface area contributed by atoms with Gasteiger partial charge in [0.25, 0.3) is 0 Å². The van der Waals surface area contributed by atoms with Crippen molar-refractivity contribution >= 4 is 21.9 Å². The zero-order chi connectivity index (χ0) is 10.1. The first kappa shape index (κ1) is 9.30. The van der Waals surface area contributed by atoms with Crippen LogP contribution >= 0.6 is 0 Å². The first-order valence-electron chi connectivity index (χ1n) is 4.14. The molecule has 0 spiro atoms. The number of hydrogen-bond donors (Lipinski definition) is 1. The van der Waals surface area contributed by atoms with Gasteiger partial charge in [-0.05, 0) is 24.6 Å². The summed E-state index contributed by atoms with van der Waals surface area (Å²) < 4.78 is 20.1. The second-order valence-electron chi connectivity index (χ2n) is 3.05. The highest BCUT2D eigenvalue weighted by Gasteiger charge is 2.07. The molecule has 0 saturated carbocycles. The van der Waals surface area contributed by atoms with Crippen LogP contribution < -0.4 is 0 Å². The summed E-state index contributed by atoms with van der Waals surface area (Å²) in [6.45, 7) is 1.95. The Bertz CT molecular complexity index is 510. The van der Waals surface area contributed by atoms with Crippen LogP contribution in [-0.4, -0.2) is 13.7 Å². The predicted octanol–water partition coefficient (Wildman–Crippen LogP) is 2.12. The summed E-state index contributed by atoms with van der Waals surface area (Å²) in [5.74, 6) is 0. The molecule has 2 rings (SSSR count). The Morgan fingerprint density at radius 1 is 1.29 bits per heavy atom. The molecule has 0 radical (unpaired) electrons. The molecule has 1 atom stereocenters. The number of aromatic nitrogens is 1. The fraction of sp³-hybridized carbons (Fsp3) is 0.100. The maximum Gasteiger partial charge on any atom is 0.187 e. The predicted molar refractivity (Wildman–Crippen MR) is 55.5 cm³/mol. The minimum Gasteiger partial charge on any atom is -0.302 e. The fourth-order valence-corrected chi connectivity index (χ4v) is 2.01. The largest absolute Gasteiger partial charge is 0.302 e. The van der Waals surface area contributed by atoms with Gasteiger partial charge in [-0.3, -0.25) is 4.98 Å². The van der Waals surface area contributed by atoms with E-state index in [1.165, 1.54) is 0 Å². The molecule has 0 fully saturated rings. The summed E-state index contributed by atoms with van der Waals surface area (Å²) in [4.78, 5) is 4.43. The quantitative estimate of drug-likeness (QED) is 0.729. The first-order chi connectivity index (χ1) is 6.70. The van der Waals surface area contributed by atoms with E-state index in [2.05, 4.69) is 4.98 Å². The molecule has 0 amide bonds. The summed E-state index contributed by atoms with van der Waals surface area (Å²) in [5, 5.41) is 1.72. The molecule has 1 heterocycles. The van der Waals surface area contributed by atoms with Crippen LogP contribution in [0.1, 0.15) is 5.56 Å². The zero-order valence-corrected chi connectivity index (χ0v) is 8.41. The van der Waals surface area contributed by atoms with Crippen molar-refractivity contribution in [1.82, 2.24) is 4.98 Å². The Balaban J connectivity index is 2.88. The van der Waals surface area contributed by atoms with Gasteiger partial charge >= 0.3 is 0 Å². The summed E-state index contributed by atoms with van der Waals surface area (Å²) in [6, 6.07) is 5.26. The van der Waals surface area contributed by atoms with Gasteiger partial charge in [0.2, 0.25) is 0 Å². The molecule has 1 aromatic heterocycles. The summed E-state index contributed by atoms with van der Waals surface area (Å²) in [5.41, 5.74) is 1.06. The molecule has 0 saturated heterocycles. The molecule has 4 heteroatoms. The number of benzene rings is 1. The number of hydrogen-bond acceptors (Lipinski definition) is 2. The number of aryl methyl sites for hydroxylation is 1. The second-order valence-corrected chi connectivity index (χ2v) is 3.99. The van der Waals surface area contributed by atoms with Gasteiger partial charge in [-0.2, -0.15) is 0 Å². The third-order valence-corrected chi connectivity index (χ3v) is 2.92. The minimum atomic E-state index is -1.94. The summed E-state index contributed by atoms with van der Waals surface area (Å²) >= 11 is -1.94. The number of rotatable bonds is 1. The van der Waals surface area contributed by atoms with Crippen LogP contribution in [0, 0.1) is 6.92 Å².